The molecule has 5 heteroatoms. The summed E-state index contributed by atoms with van der Waals surface area (Å²) in [6.07, 6.45) is 5.76. The Bertz CT molecular complexity index is 668. The molecule has 2 aliphatic rings. The third-order valence-electron chi connectivity index (χ3n) is 4.64. The van der Waals surface area contributed by atoms with E-state index in [0.717, 1.165) is 41.9 Å². The van der Waals surface area contributed by atoms with Gasteiger partial charge in [0.1, 0.15) is 5.82 Å². The zero-order valence-electron chi connectivity index (χ0n) is 12.0. The molecule has 1 unspecified atom stereocenters. The highest BCUT2D eigenvalue weighted by atomic mass is 16.2. The number of H-pyrrole nitrogens is 1. The topological polar surface area (TPSA) is 69.8 Å². The molecular formula is C16H20N4O. The van der Waals surface area contributed by atoms with Crippen LogP contribution in [0.3, 0.4) is 0 Å². The summed E-state index contributed by atoms with van der Waals surface area (Å²) in [4.78, 5) is 20.2. The highest BCUT2D eigenvalue weighted by Gasteiger charge is 2.23. The maximum atomic E-state index is 12.1. The molecular weight excluding hydrogens is 264 g/mol. The van der Waals surface area contributed by atoms with Crippen molar-refractivity contribution in [2.75, 3.05) is 11.9 Å². The van der Waals surface area contributed by atoms with Crippen LogP contribution in [0.5, 0.6) is 0 Å². The Hall–Kier alpha value is -1.88. The number of fused-ring (bicyclic) bond motifs is 1. The van der Waals surface area contributed by atoms with Crippen LogP contribution in [0.2, 0.25) is 0 Å². The molecule has 3 N–H and O–H groups in total. The van der Waals surface area contributed by atoms with Crippen LogP contribution >= 0.6 is 0 Å². The summed E-state index contributed by atoms with van der Waals surface area (Å²) in [7, 11) is 0. The summed E-state index contributed by atoms with van der Waals surface area (Å²) in [5, 5.41) is 6.21. The Morgan fingerprint density at radius 2 is 2.14 bits per heavy atom. The van der Waals surface area contributed by atoms with Crippen LogP contribution < -0.4 is 10.6 Å². The molecule has 5 nitrogen and oxygen atoms in total. The van der Waals surface area contributed by atoms with Crippen LogP contribution in [-0.2, 0) is 4.79 Å². The number of nitrogens with one attached hydrogen (secondary N) is 3. The van der Waals surface area contributed by atoms with Gasteiger partial charge in [0.05, 0.1) is 17.1 Å². The molecule has 1 saturated heterocycles. The summed E-state index contributed by atoms with van der Waals surface area (Å²) in [5.41, 5.74) is 2.83. The molecule has 1 saturated carbocycles. The molecule has 2 fully saturated rings. The van der Waals surface area contributed by atoms with Crippen LogP contribution in [0.15, 0.2) is 18.2 Å². The second-order valence-corrected chi connectivity index (χ2v) is 6.12. The lowest BCUT2D eigenvalue weighted by Gasteiger charge is -2.22. The van der Waals surface area contributed by atoms with Crippen molar-refractivity contribution < 1.29 is 4.79 Å². The van der Waals surface area contributed by atoms with Crippen molar-refractivity contribution in [1.82, 2.24) is 15.3 Å². The van der Waals surface area contributed by atoms with Crippen molar-refractivity contribution in [1.29, 1.82) is 0 Å². The number of aromatic nitrogens is 2. The van der Waals surface area contributed by atoms with Crippen molar-refractivity contribution in [3.05, 3.63) is 24.0 Å². The van der Waals surface area contributed by atoms with Gasteiger partial charge in [0.2, 0.25) is 5.91 Å². The first-order valence-corrected chi connectivity index (χ1v) is 7.83. The molecule has 110 valence electrons. The number of hydrogen-bond donors (Lipinski definition) is 3. The average molecular weight is 284 g/mol. The number of carbonyl (C=O) groups is 1. The van der Waals surface area contributed by atoms with Crippen LogP contribution in [0, 0.1) is 0 Å². The Balaban J connectivity index is 1.53. The summed E-state index contributed by atoms with van der Waals surface area (Å²) >= 11 is 0. The van der Waals surface area contributed by atoms with Gasteiger partial charge in [0.15, 0.2) is 0 Å². The molecule has 4 rings (SSSR count). The van der Waals surface area contributed by atoms with Crippen molar-refractivity contribution in [3.8, 4) is 0 Å². The smallest absolute Gasteiger partial charge is 0.241 e. The van der Waals surface area contributed by atoms with Gasteiger partial charge in [-0.2, -0.15) is 0 Å². The van der Waals surface area contributed by atoms with Crippen molar-refractivity contribution in [2.24, 2.45) is 0 Å². The average Bonchev–Trinajstić information content (AvgIpc) is 3.04. The van der Waals surface area contributed by atoms with E-state index in [1.165, 1.54) is 19.3 Å². The summed E-state index contributed by atoms with van der Waals surface area (Å²) in [6, 6.07) is 5.84. The number of carbonyl (C=O) groups excluding carboxylic acids is 1. The van der Waals surface area contributed by atoms with E-state index in [4.69, 9.17) is 0 Å². The largest absolute Gasteiger partial charge is 0.342 e. The second kappa shape index (κ2) is 5.15. The van der Waals surface area contributed by atoms with E-state index in [9.17, 15) is 4.79 Å². The maximum Gasteiger partial charge on any atom is 0.241 e. The number of rotatable bonds is 3. The number of anilines is 1. The second-order valence-electron chi connectivity index (χ2n) is 6.12. The van der Waals surface area contributed by atoms with E-state index in [2.05, 4.69) is 20.6 Å². The minimum atomic E-state index is -0.0481. The predicted octanol–water partition coefficient (Wildman–Crippen LogP) is 2.52. The molecule has 1 aliphatic carbocycles. The highest BCUT2D eigenvalue weighted by Crippen LogP contribution is 2.35. The predicted molar refractivity (Wildman–Crippen MR) is 82.3 cm³/mol. The lowest BCUT2D eigenvalue weighted by molar-refractivity contribution is -0.117. The number of amides is 1. The van der Waals surface area contributed by atoms with Gasteiger partial charge in [-0.3, -0.25) is 4.79 Å². The number of benzene rings is 1. The van der Waals surface area contributed by atoms with Gasteiger partial charge in [-0.15, -0.1) is 0 Å². The third-order valence-corrected chi connectivity index (χ3v) is 4.64. The molecule has 1 amide bonds. The van der Waals surface area contributed by atoms with Crippen LogP contribution in [0.1, 0.15) is 43.8 Å². The van der Waals surface area contributed by atoms with Crippen molar-refractivity contribution in [2.45, 2.75) is 44.1 Å². The fourth-order valence-corrected chi connectivity index (χ4v) is 3.12. The number of nitrogens with zero attached hydrogens (tertiary/aromatic N) is 1. The quantitative estimate of drug-likeness (QED) is 0.811. The molecule has 0 radical (unpaired) electrons. The minimum absolute atomic E-state index is 0.0481. The monoisotopic (exact) mass is 284 g/mol. The fourth-order valence-electron chi connectivity index (χ4n) is 3.12. The maximum absolute atomic E-state index is 12.1. The van der Waals surface area contributed by atoms with Crippen molar-refractivity contribution >= 4 is 22.6 Å². The fraction of sp³-hybridized carbons (Fsp3) is 0.500. The highest BCUT2D eigenvalue weighted by molar-refractivity contribution is 5.96. The van der Waals surface area contributed by atoms with Gasteiger partial charge in [0.25, 0.3) is 0 Å². The van der Waals surface area contributed by atoms with Crippen LogP contribution in [0.4, 0.5) is 5.69 Å². The zero-order valence-corrected chi connectivity index (χ0v) is 12.0. The van der Waals surface area contributed by atoms with E-state index >= 15 is 0 Å². The molecule has 21 heavy (non-hydrogen) atoms. The lowest BCUT2D eigenvalue weighted by Crippen LogP contribution is -2.35. The standard InChI is InChI=1S/C16H20N4O/c21-16(13-5-2-8-17-13)18-11-6-7-12-14(9-11)20-15(19-12)10-3-1-4-10/h6-7,9-10,13,17H,1-5,8H2,(H,18,21)(H,19,20). The summed E-state index contributed by atoms with van der Waals surface area (Å²) in [6.45, 7) is 0.933. The van der Waals surface area contributed by atoms with Crippen LogP contribution in [-0.4, -0.2) is 28.5 Å². The van der Waals surface area contributed by atoms with Gasteiger partial charge >= 0.3 is 0 Å². The first-order chi connectivity index (χ1) is 10.3. The van der Waals surface area contributed by atoms with Gasteiger partial charge in [-0.05, 0) is 50.4 Å². The molecule has 1 aromatic heterocycles. The SMILES string of the molecule is O=C(Nc1ccc2nc(C3CCC3)[nH]c2c1)C1CCCN1. The summed E-state index contributed by atoms with van der Waals surface area (Å²) < 4.78 is 0. The first-order valence-electron chi connectivity index (χ1n) is 7.83. The summed E-state index contributed by atoms with van der Waals surface area (Å²) in [5.74, 6) is 1.75. The Morgan fingerprint density at radius 1 is 1.24 bits per heavy atom. The van der Waals surface area contributed by atoms with Gasteiger partial charge in [0, 0.05) is 11.6 Å². The molecule has 1 aliphatic heterocycles. The zero-order chi connectivity index (χ0) is 14.2. The van der Waals surface area contributed by atoms with Gasteiger partial charge in [-0.1, -0.05) is 6.42 Å². The molecule has 2 heterocycles. The minimum Gasteiger partial charge on any atom is -0.342 e. The number of imidazole rings is 1. The normalized spacial score (nSPS) is 22.4. The lowest BCUT2D eigenvalue weighted by atomic mass is 9.85. The Morgan fingerprint density at radius 3 is 2.86 bits per heavy atom. The van der Waals surface area contributed by atoms with E-state index in [1.54, 1.807) is 0 Å². The Kier molecular flexibility index (Phi) is 3.15. The van der Waals surface area contributed by atoms with E-state index in [1.807, 2.05) is 18.2 Å². The molecule has 1 atom stereocenters. The van der Waals surface area contributed by atoms with Crippen LogP contribution in [0.25, 0.3) is 11.0 Å². The number of aromatic amines is 1. The molecule has 0 spiro atoms. The van der Waals surface area contributed by atoms with Crippen molar-refractivity contribution in [3.63, 3.8) is 0 Å². The molecule has 0 bridgehead atoms. The van der Waals surface area contributed by atoms with E-state index in [-0.39, 0.29) is 11.9 Å². The molecule has 1 aromatic carbocycles. The first kappa shape index (κ1) is 12.8. The third kappa shape index (κ3) is 2.42. The van der Waals surface area contributed by atoms with Gasteiger partial charge in [-0.25, -0.2) is 4.98 Å². The van der Waals surface area contributed by atoms with E-state index in [0.29, 0.717) is 5.92 Å². The molecule has 2 aromatic rings. The number of hydrogen-bond acceptors (Lipinski definition) is 3. The van der Waals surface area contributed by atoms with Gasteiger partial charge < -0.3 is 15.6 Å². The van der Waals surface area contributed by atoms with E-state index < -0.39 is 0 Å². The Labute approximate surface area is 123 Å².